The first-order valence-corrected chi connectivity index (χ1v) is 20.4. The second-order valence-electron chi connectivity index (χ2n) is 15.8. The molecule has 0 saturated heterocycles. The fourth-order valence-corrected chi connectivity index (χ4v) is 10.6. The van der Waals surface area contributed by atoms with E-state index in [1.165, 1.54) is 98.6 Å². The lowest BCUT2D eigenvalue weighted by atomic mass is 9.80. The van der Waals surface area contributed by atoms with Gasteiger partial charge in [-0.2, -0.15) is 0 Å². The average molecular weight is 737 g/mol. The molecule has 1 aliphatic carbocycles. The van der Waals surface area contributed by atoms with Crippen LogP contribution < -0.4 is 10.6 Å². The number of thioether (sulfide) groups is 1. The van der Waals surface area contributed by atoms with Gasteiger partial charge in [0, 0.05) is 15.2 Å². The molecule has 3 heteroatoms. The molecule has 0 saturated carbocycles. The van der Waals surface area contributed by atoms with E-state index in [1.54, 1.807) is 0 Å². The maximum Gasteiger partial charge on any atom is 0.104 e. The van der Waals surface area contributed by atoms with E-state index in [4.69, 9.17) is 0 Å². The molecule has 0 spiro atoms. The van der Waals surface area contributed by atoms with Gasteiger partial charge >= 0.3 is 0 Å². The fourth-order valence-electron chi connectivity index (χ4n) is 9.33. The lowest BCUT2D eigenvalue weighted by Gasteiger charge is -2.34. The predicted molar refractivity (Wildman–Crippen MR) is 235 cm³/mol. The van der Waals surface area contributed by atoms with E-state index in [-0.39, 0.29) is 17.6 Å². The highest BCUT2D eigenvalue weighted by molar-refractivity contribution is 8.03. The van der Waals surface area contributed by atoms with Crippen molar-refractivity contribution in [1.82, 2.24) is 10.6 Å². The Hall–Kier alpha value is -6.13. The molecule has 8 aromatic rings. The highest BCUT2D eigenvalue weighted by atomic mass is 32.2. The van der Waals surface area contributed by atoms with Gasteiger partial charge in [-0.15, -0.1) is 0 Å². The lowest BCUT2D eigenvalue weighted by Crippen LogP contribution is -2.40. The molecule has 0 fully saturated rings. The summed E-state index contributed by atoms with van der Waals surface area (Å²) in [6.45, 7) is 4.79. The average Bonchev–Trinajstić information content (AvgIpc) is 3.74. The van der Waals surface area contributed by atoms with Gasteiger partial charge < -0.3 is 5.32 Å². The van der Waals surface area contributed by atoms with Gasteiger partial charge in [-0.1, -0.05) is 177 Å². The van der Waals surface area contributed by atoms with Gasteiger partial charge in [-0.05, 0) is 113 Å². The first-order valence-electron chi connectivity index (χ1n) is 19.6. The molecular formula is C53H40N2S. The maximum absolute atomic E-state index is 3.98. The first-order chi connectivity index (χ1) is 27.5. The number of hydrogen-bond acceptors (Lipinski definition) is 3. The molecule has 2 heterocycles. The Labute approximate surface area is 333 Å². The van der Waals surface area contributed by atoms with E-state index in [1.807, 2.05) is 11.8 Å². The third-order valence-electron chi connectivity index (χ3n) is 12.1. The second-order valence-corrected chi connectivity index (χ2v) is 16.9. The van der Waals surface area contributed by atoms with Crippen LogP contribution in [-0.4, -0.2) is 0 Å². The van der Waals surface area contributed by atoms with Crippen molar-refractivity contribution in [3.8, 4) is 44.5 Å². The number of fused-ring (bicyclic) bond motifs is 7. The molecule has 0 amide bonds. The minimum absolute atomic E-state index is 0.0492. The predicted octanol–water partition coefficient (Wildman–Crippen LogP) is 13.6. The van der Waals surface area contributed by atoms with Crippen LogP contribution in [0.2, 0.25) is 0 Å². The summed E-state index contributed by atoms with van der Waals surface area (Å²) in [5, 5.41) is 10.5. The molecule has 2 N–H and O–H groups in total. The number of benzene rings is 8. The van der Waals surface area contributed by atoms with E-state index < -0.39 is 0 Å². The summed E-state index contributed by atoms with van der Waals surface area (Å²) in [5.41, 5.74) is 17.8. The number of rotatable bonds is 5. The van der Waals surface area contributed by atoms with Gasteiger partial charge in [-0.25, -0.2) is 0 Å². The SMILES string of the molecule is CC1(C)c2cc(-c3cccc(-c4cccc(C5NC(c6ccccc6)=C6Sc7ccccc7C6N5)c4)c3)ccc2-c2c1cc1ccccc1c2-c1ccccc1. The van der Waals surface area contributed by atoms with E-state index >= 15 is 0 Å². The van der Waals surface area contributed by atoms with Crippen molar-refractivity contribution in [1.29, 1.82) is 0 Å². The van der Waals surface area contributed by atoms with Crippen molar-refractivity contribution < 1.29 is 0 Å². The van der Waals surface area contributed by atoms with Crippen LogP contribution in [0.15, 0.2) is 192 Å². The third-order valence-corrected chi connectivity index (χ3v) is 13.4. The highest BCUT2D eigenvalue weighted by Crippen LogP contribution is 2.55. The van der Waals surface area contributed by atoms with E-state index in [0.717, 1.165) is 0 Å². The molecule has 8 aromatic carbocycles. The highest BCUT2D eigenvalue weighted by Gasteiger charge is 2.39. The van der Waals surface area contributed by atoms with Crippen LogP contribution in [-0.2, 0) is 5.41 Å². The van der Waals surface area contributed by atoms with Gasteiger partial charge in [0.05, 0.1) is 11.7 Å². The molecular weight excluding hydrogens is 697 g/mol. The first kappa shape index (κ1) is 33.2. The number of hydrogen-bond donors (Lipinski definition) is 2. The third kappa shape index (κ3) is 5.30. The molecule has 0 aromatic heterocycles. The van der Waals surface area contributed by atoms with Gasteiger partial charge in [0.25, 0.3) is 0 Å². The molecule has 2 nitrogen and oxygen atoms in total. The van der Waals surface area contributed by atoms with Crippen LogP contribution in [0.3, 0.4) is 0 Å². The van der Waals surface area contributed by atoms with Gasteiger partial charge in [-0.3, -0.25) is 5.32 Å². The maximum atomic E-state index is 3.98. The largest absolute Gasteiger partial charge is 0.365 e. The molecule has 11 rings (SSSR count). The molecule has 2 unspecified atom stereocenters. The van der Waals surface area contributed by atoms with Crippen LogP contribution >= 0.6 is 11.8 Å². The van der Waals surface area contributed by atoms with Crippen molar-refractivity contribution in [3.05, 3.63) is 215 Å². The van der Waals surface area contributed by atoms with Crippen LogP contribution in [0, 0.1) is 0 Å². The molecule has 2 atom stereocenters. The summed E-state index contributed by atoms with van der Waals surface area (Å²) >= 11 is 1.88. The Balaban J connectivity index is 0.957. The Morgan fingerprint density at radius 3 is 1.95 bits per heavy atom. The summed E-state index contributed by atoms with van der Waals surface area (Å²) in [6, 6.07) is 67.2. The van der Waals surface area contributed by atoms with Crippen molar-refractivity contribution in [2.24, 2.45) is 0 Å². The monoisotopic (exact) mass is 736 g/mol. The summed E-state index contributed by atoms with van der Waals surface area (Å²) < 4.78 is 0. The smallest absolute Gasteiger partial charge is 0.104 e. The normalized spacial score (nSPS) is 17.5. The van der Waals surface area contributed by atoms with E-state index in [0.29, 0.717) is 0 Å². The summed E-state index contributed by atoms with van der Waals surface area (Å²) in [5.74, 6) is 0. The Bertz CT molecular complexity index is 2870. The molecule has 3 aliphatic rings. The Kier molecular flexibility index (Phi) is 7.70. The van der Waals surface area contributed by atoms with Crippen LogP contribution in [0.25, 0.3) is 61.0 Å². The second kappa shape index (κ2) is 13.0. The topological polar surface area (TPSA) is 24.1 Å². The molecule has 2 aliphatic heterocycles. The Morgan fingerprint density at radius 1 is 0.500 bits per heavy atom. The van der Waals surface area contributed by atoms with Crippen molar-refractivity contribution in [2.45, 2.75) is 36.4 Å². The zero-order valence-electron chi connectivity index (χ0n) is 31.4. The molecule has 0 bridgehead atoms. The number of nitrogens with one attached hydrogen (secondary N) is 2. The Morgan fingerprint density at radius 2 is 1.14 bits per heavy atom. The lowest BCUT2D eigenvalue weighted by molar-refractivity contribution is 0.439. The summed E-state index contributed by atoms with van der Waals surface area (Å²) in [4.78, 5) is 2.66. The minimum Gasteiger partial charge on any atom is -0.365 e. The van der Waals surface area contributed by atoms with Crippen molar-refractivity contribution >= 4 is 28.2 Å². The van der Waals surface area contributed by atoms with Gasteiger partial charge in [0.1, 0.15) is 6.17 Å². The van der Waals surface area contributed by atoms with Gasteiger partial charge in [0.2, 0.25) is 0 Å². The zero-order chi connectivity index (χ0) is 37.4. The quantitative estimate of drug-likeness (QED) is 0.184. The zero-order valence-corrected chi connectivity index (χ0v) is 32.2. The van der Waals surface area contributed by atoms with Crippen LogP contribution in [0.1, 0.15) is 53.9 Å². The van der Waals surface area contributed by atoms with Crippen LogP contribution in [0.5, 0.6) is 0 Å². The standard InChI is InChI=1S/C53H40N2S/c1-53(2)44-31-38(27-28-42(44)48-45(53)32-39-19-9-10-24-41(39)47(48)33-15-5-3-6-16-33)36-21-13-20-35(29-36)37-22-14-23-40(30-37)52-54-49(34-17-7-4-8-18-34)51-50(55-52)43-25-11-12-26-46(43)56-51/h3-32,50,52,54-55H,1-2H3. The fraction of sp³-hybridized carbons (Fsp3) is 0.0943. The molecule has 0 radical (unpaired) electrons. The minimum atomic E-state index is -0.147. The summed E-state index contributed by atoms with van der Waals surface area (Å²) in [6.07, 6.45) is -0.0492. The van der Waals surface area contributed by atoms with Crippen molar-refractivity contribution in [3.63, 3.8) is 0 Å². The van der Waals surface area contributed by atoms with E-state index in [2.05, 4.69) is 206 Å². The van der Waals surface area contributed by atoms with E-state index in [9.17, 15) is 0 Å². The molecule has 268 valence electrons. The van der Waals surface area contributed by atoms with Crippen molar-refractivity contribution in [2.75, 3.05) is 0 Å². The molecule has 56 heavy (non-hydrogen) atoms. The van der Waals surface area contributed by atoms with Gasteiger partial charge in [0.15, 0.2) is 0 Å². The van der Waals surface area contributed by atoms with Crippen LogP contribution in [0.4, 0.5) is 0 Å². The summed E-state index contributed by atoms with van der Waals surface area (Å²) in [7, 11) is 0.